The second kappa shape index (κ2) is 7.63. The van der Waals surface area contributed by atoms with Crippen LogP contribution < -0.4 is 10.9 Å². The van der Waals surface area contributed by atoms with E-state index in [-0.39, 0.29) is 17.0 Å². The predicted octanol–water partition coefficient (Wildman–Crippen LogP) is 3.78. The third kappa shape index (κ3) is 3.64. The van der Waals surface area contributed by atoms with E-state index < -0.39 is 0 Å². The highest BCUT2D eigenvalue weighted by atomic mass is 16.2. The van der Waals surface area contributed by atoms with E-state index in [9.17, 15) is 9.59 Å². The number of aryl methyl sites for hydroxylation is 4. The number of aromatic nitrogens is 3. The van der Waals surface area contributed by atoms with Crippen LogP contribution >= 0.6 is 0 Å². The van der Waals surface area contributed by atoms with Crippen molar-refractivity contribution < 1.29 is 4.79 Å². The Morgan fingerprint density at radius 2 is 1.90 bits per heavy atom. The van der Waals surface area contributed by atoms with E-state index in [1.54, 1.807) is 6.07 Å². The van der Waals surface area contributed by atoms with Crippen LogP contribution in [0, 0.1) is 0 Å². The number of imidazole rings is 1. The van der Waals surface area contributed by atoms with Crippen LogP contribution in [0.2, 0.25) is 0 Å². The van der Waals surface area contributed by atoms with Gasteiger partial charge in [-0.25, -0.2) is 4.98 Å². The van der Waals surface area contributed by atoms with Gasteiger partial charge in [0.2, 0.25) is 0 Å². The molecule has 6 nitrogen and oxygen atoms in total. The first-order chi connectivity index (χ1) is 14.7. The van der Waals surface area contributed by atoms with E-state index in [0.717, 1.165) is 65.8 Å². The molecular weight excluding hydrogens is 376 g/mol. The summed E-state index contributed by atoms with van der Waals surface area (Å²) in [6.45, 7) is 0. The lowest BCUT2D eigenvalue weighted by Crippen LogP contribution is -2.24. The van der Waals surface area contributed by atoms with Crippen molar-refractivity contribution in [2.24, 2.45) is 0 Å². The zero-order valence-electron chi connectivity index (χ0n) is 16.5. The van der Waals surface area contributed by atoms with Crippen molar-refractivity contribution in [2.75, 3.05) is 5.32 Å². The molecule has 0 unspecified atom stereocenters. The van der Waals surface area contributed by atoms with Gasteiger partial charge < -0.3 is 15.3 Å². The molecule has 2 aromatic carbocycles. The van der Waals surface area contributed by atoms with Crippen molar-refractivity contribution in [1.82, 2.24) is 15.0 Å². The quantitative estimate of drug-likeness (QED) is 0.478. The molecule has 0 saturated heterocycles. The summed E-state index contributed by atoms with van der Waals surface area (Å²) in [5.41, 5.74) is 5.65. The molecule has 5 rings (SSSR count). The number of amides is 1. The standard InChI is InChI=1S/C24H22N4O2/c29-23(18-14-16-6-4-10-19(16)28-24(18)30)25-17-7-3-5-15(13-17)11-12-22-26-20-8-1-2-9-21(20)27-22/h1-3,5,7-9,13-14H,4,6,10-12H2,(H,25,29)(H,26,27)(H,28,30). The second-order valence-corrected chi connectivity index (χ2v) is 7.72. The van der Waals surface area contributed by atoms with Gasteiger partial charge in [-0.15, -0.1) is 0 Å². The normalized spacial score (nSPS) is 12.8. The van der Waals surface area contributed by atoms with E-state index in [0.29, 0.717) is 5.69 Å². The van der Waals surface area contributed by atoms with Crippen molar-refractivity contribution in [3.05, 3.63) is 93.2 Å². The number of aromatic amines is 2. The molecule has 1 aliphatic carbocycles. The van der Waals surface area contributed by atoms with E-state index in [2.05, 4.69) is 20.3 Å². The van der Waals surface area contributed by atoms with E-state index in [1.807, 2.05) is 48.5 Å². The topological polar surface area (TPSA) is 90.6 Å². The summed E-state index contributed by atoms with van der Waals surface area (Å²) in [5.74, 6) is 0.565. The Labute approximate surface area is 173 Å². The van der Waals surface area contributed by atoms with Crippen LogP contribution in [0.3, 0.4) is 0 Å². The Morgan fingerprint density at radius 1 is 1.00 bits per heavy atom. The van der Waals surface area contributed by atoms with Crippen LogP contribution in [-0.4, -0.2) is 20.9 Å². The molecule has 2 heterocycles. The SMILES string of the molecule is O=C(Nc1cccc(CCc2nc3ccccc3[nH]2)c1)c1cc2c([nH]c1=O)CCC2. The van der Waals surface area contributed by atoms with Gasteiger partial charge in [0.1, 0.15) is 11.4 Å². The minimum Gasteiger partial charge on any atom is -0.342 e. The number of benzene rings is 2. The van der Waals surface area contributed by atoms with Gasteiger partial charge in [-0.1, -0.05) is 24.3 Å². The fraction of sp³-hybridized carbons (Fsp3) is 0.208. The first-order valence-electron chi connectivity index (χ1n) is 10.2. The van der Waals surface area contributed by atoms with Crippen LogP contribution in [0.25, 0.3) is 11.0 Å². The molecular formula is C24H22N4O2. The summed E-state index contributed by atoms with van der Waals surface area (Å²) in [6, 6.07) is 17.4. The Kier molecular flexibility index (Phi) is 4.67. The van der Waals surface area contributed by atoms with Gasteiger partial charge in [-0.05, 0) is 67.1 Å². The lowest BCUT2D eigenvalue weighted by Gasteiger charge is -2.08. The summed E-state index contributed by atoms with van der Waals surface area (Å²) in [5, 5.41) is 2.87. The van der Waals surface area contributed by atoms with E-state index in [4.69, 9.17) is 0 Å². The van der Waals surface area contributed by atoms with E-state index >= 15 is 0 Å². The van der Waals surface area contributed by atoms with Gasteiger partial charge in [0.15, 0.2) is 0 Å². The Morgan fingerprint density at radius 3 is 2.80 bits per heavy atom. The number of hydrogen-bond acceptors (Lipinski definition) is 3. The Balaban J connectivity index is 1.29. The third-order valence-electron chi connectivity index (χ3n) is 5.61. The molecule has 0 spiro atoms. The molecule has 0 bridgehead atoms. The largest absolute Gasteiger partial charge is 0.342 e. The Bertz CT molecular complexity index is 1270. The smallest absolute Gasteiger partial charge is 0.261 e. The maximum absolute atomic E-state index is 12.7. The zero-order valence-corrected chi connectivity index (χ0v) is 16.5. The fourth-order valence-corrected chi connectivity index (χ4v) is 4.07. The summed E-state index contributed by atoms with van der Waals surface area (Å²) >= 11 is 0. The molecule has 1 amide bonds. The van der Waals surface area contributed by atoms with Gasteiger partial charge >= 0.3 is 0 Å². The van der Waals surface area contributed by atoms with Gasteiger partial charge in [0, 0.05) is 17.8 Å². The molecule has 0 atom stereocenters. The summed E-state index contributed by atoms with van der Waals surface area (Å²) < 4.78 is 0. The van der Waals surface area contributed by atoms with Gasteiger partial charge in [-0.3, -0.25) is 9.59 Å². The second-order valence-electron chi connectivity index (χ2n) is 7.72. The van der Waals surface area contributed by atoms with Crippen LogP contribution in [-0.2, 0) is 25.7 Å². The maximum Gasteiger partial charge on any atom is 0.261 e. The predicted molar refractivity (Wildman–Crippen MR) is 117 cm³/mol. The lowest BCUT2D eigenvalue weighted by atomic mass is 10.1. The number of carbonyl (C=O) groups is 1. The number of anilines is 1. The van der Waals surface area contributed by atoms with Crippen LogP contribution in [0.15, 0.2) is 59.4 Å². The fourth-order valence-electron chi connectivity index (χ4n) is 4.07. The first-order valence-corrected chi connectivity index (χ1v) is 10.2. The first kappa shape index (κ1) is 18.4. The molecule has 3 N–H and O–H groups in total. The minimum absolute atomic E-state index is 0.170. The molecule has 150 valence electrons. The van der Waals surface area contributed by atoms with Gasteiger partial charge in [0.05, 0.1) is 11.0 Å². The number of nitrogens with zero attached hydrogens (tertiary/aromatic N) is 1. The van der Waals surface area contributed by atoms with Crippen molar-refractivity contribution in [1.29, 1.82) is 0 Å². The number of pyridine rings is 1. The minimum atomic E-state index is -0.375. The van der Waals surface area contributed by atoms with Crippen molar-refractivity contribution >= 4 is 22.6 Å². The molecule has 0 saturated carbocycles. The summed E-state index contributed by atoms with van der Waals surface area (Å²) in [4.78, 5) is 35.8. The highest BCUT2D eigenvalue weighted by molar-refractivity contribution is 6.04. The highest BCUT2D eigenvalue weighted by Crippen LogP contribution is 2.20. The van der Waals surface area contributed by atoms with Crippen molar-refractivity contribution in [2.45, 2.75) is 32.1 Å². The lowest BCUT2D eigenvalue weighted by molar-refractivity contribution is 0.102. The number of nitrogens with one attached hydrogen (secondary N) is 3. The monoisotopic (exact) mass is 398 g/mol. The molecule has 0 radical (unpaired) electrons. The number of rotatable bonds is 5. The van der Waals surface area contributed by atoms with Crippen molar-refractivity contribution in [3.8, 4) is 0 Å². The van der Waals surface area contributed by atoms with Crippen LogP contribution in [0.5, 0.6) is 0 Å². The van der Waals surface area contributed by atoms with E-state index in [1.165, 1.54) is 0 Å². The number of carbonyl (C=O) groups excluding carboxylic acids is 1. The van der Waals surface area contributed by atoms with Crippen LogP contribution in [0.1, 0.15) is 39.4 Å². The maximum atomic E-state index is 12.7. The molecule has 4 aromatic rings. The van der Waals surface area contributed by atoms with Gasteiger partial charge in [0.25, 0.3) is 11.5 Å². The number of fused-ring (bicyclic) bond motifs is 2. The third-order valence-corrected chi connectivity index (χ3v) is 5.61. The highest BCUT2D eigenvalue weighted by Gasteiger charge is 2.18. The van der Waals surface area contributed by atoms with Crippen molar-refractivity contribution in [3.63, 3.8) is 0 Å². The summed E-state index contributed by atoms with van der Waals surface area (Å²) in [7, 11) is 0. The molecule has 30 heavy (non-hydrogen) atoms. The number of hydrogen-bond donors (Lipinski definition) is 3. The molecule has 0 fully saturated rings. The molecule has 2 aromatic heterocycles. The molecule has 6 heteroatoms. The average molecular weight is 398 g/mol. The van der Waals surface area contributed by atoms with Gasteiger partial charge in [-0.2, -0.15) is 0 Å². The number of H-pyrrole nitrogens is 2. The Hall–Kier alpha value is -3.67. The molecule has 1 aliphatic rings. The van der Waals surface area contributed by atoms with Crippen LogP contribution in [0.4, 0.5) is 5.69 Å². The number of para-hydroxylation sites is 2. The average Bonchev–Trinajstić information content (AvgIpc) is 3.37. The zero-order chi connectivity index (χ0) is 20.5. The summed E-state index contributed by atoms with van der Waals surface area (Å²) in [6.07, 6.45) is 4.37. The molecule has 0 aliphatic heterocycles.